The van der Waals surface area contributed by atoms with Crippen molar-refractivity contribution >= 4 is 0 Å². The summed E-state index contributed by atoms with van der Waals surface area (Å²) in [4.78, 5) is 0. The largest absolute Gasteiger partial charge is 0.389 e. The number of hydrogen-bond acceptors (Lipinski definition) is 4. The maximum absolute atomic E-state index is 10.3. The summed E-state index contributed by atoms with van der Waals surface area (Å²) in [6, 6.07) is 9.41. The zero-order chi connectivity index (χ0) is 14.0. The first-order chi connectivity index (χ1) is 8.91. The van der Waals surface area contributed by atoms with Gasteiger partial charge in [-0.05, 0) is 17.5 Å². The molecule has 0 bridgehead atoms. The molecular weight excluding hydrogens is 242 g/mol. The SMILES string of the molecule is CC(C)(C)C(O)C(O)c1cnnn1-c1ccccc1. The number of benzene rings is 1. The third-order valence-electron chi connectivity index (χ3n) is 3.07. The summed E-state index contributed by atoms with van der Waals surface area (Å²) in [5.74, 6) is 0. The lowest BCUT2D eigenvalue weighted by Gasteiger charge is -2.29. The van der Waals surface area contributed by atoms with Gasteiger partial charge in [-0.1, -0.05) is 44.2 Å². The minimum absolute atomic E-state index is 0.425. The van der Waals surface area contributed by atoms with E-state index < -0.39 is 17.6 Å². The van der Waals surface area contributed by atoms with Crippen LogP contribution in [0.1, 0.15) is 32.6 Å². The molecule has 0 radical (unpaired) electrons. The van der Waals surface area contributed by atoms with Crippen molar-refractivity contribution in [1.29, 1.82) is 0 Å². The quantitative estimate of drug-likeness (QED) is 0.882. The van der Waals surface area contributed by atoms with Gasteiger partial charge >= 0.3 is 0 Å². The Morgan fingerprint density at radius 2 is 1.74 bits per heavy atom. The minimum Gasteiger partial charge on any atom is -0.389 e. The van der Waals surface area contributed by atoms with E-state index in [-0.39, 0.29) is 0 Å². The zero-order valence-corrected chi connectivity index (χ0v) is 11.4. The molecule has 1 aromatic carbocycles. The number of aliphatic hydroxyl groups excluding tert-OH is 2. The average Bonchev–Trinajstić information content (AvgIpc) is 2.86. The lowest BCUT2D eigenvalue weighted by molar-refractivity contribution is -0.0486. The lowest BCUT2D eigenvalue weighted by atomic mass is 9.85. The summed E-state index contributed by atoms with van der Waals surface area (Å²) in [6.45, 7) is 5.62. The van der Waals surface area contributed by atoms with Gasteiger partial charge < -0.3 is 10.2 Å². The van der Waals surface area contributed by atoms with E-state index in [1.165, 1.54) is 6.20 Å². The smallest absolute Gasteiger partial charge is 0.124 e. The topological polar surface area (TPSA) is 71.2 Å². The van der Waals surface area contributed by atoms with E-state index in [0.717, 1.165) is 5.69 Å². The van der Waals surface area contributed by atoms with E-state index in [1.807, 2.05) is 51.1 Å². The van der Waals surface area contributed by atoms with Crippen molar-refractivity contribution in [3.8, 4) is 5.69 Å². The fourth-order valence-corrected chi connectivity index (χ4v) is 1.85. The molecule has 2 aromatic rings. The predicted octanol–water partition coefficient (Wildman–Crippen LogP) is 1.71. The number of para-hydroxylation sites is 1. The summed E-state index contributed by atoms with van der Waals surface area (Å²) >= 11 is 0. The zero-order valence-electron chi connectivity index (χ0n) is 11.4. The highest BCUT2D eigenvalue weighted by molar-refractivity contribution is 5.32. The van der Waals surface area contributed by atoms with Gasteiger partial charge in [-0.3, -0.25) is 0 Å². The summed E-state index contributed by atoms with van der Waals surface area (Å²) in [6.07, 6.45) is -0.448. The van der Waals surface area contributed by atoms with Crippen LogP contribution in [0.3, 0.4) is 0 Å². The van der Waals surface area contributed by atoms with E-state index in [9.17, 15) is 10.2 Å². The number of aromatic nitrogens is 3. The second-order valence-corrected chi connectivity index (χ2v) is 5.66. The molecule has 0 fully saturated rings. The summed E-state index contributed by atoms with van der Waals surface area (Å²) in [5, 5.41) is 28.3. The molecule has 0 saturated carbocycles. The van der Waals surface area contributed by atoms with Crippen LogP contribution >= 0.6 is 0 Å². The van der Waals surface area contributed by atoms with Gasteiger partial charge in [0.05, 0.1) is 23.7 Å². The summed E-state index contributed by atoms with van der Waals surface area (Å²) in [5.41, 5.74) is 0.856. The third kappa shape index (κ3) is 2.83. The number of aliphatic hydroxyl groups is 2. The Bertz CT molecular complexity index is 531. The molecular formula is C14H19N3O2. The van der Waals surface area contributed by atoms with E-state index in [1.54, 1.807) is 4.68 Å². The monoisotopic (exact) mass is 261 g/mol. The highest BCUT2D eigenvalue weighted by Gasteiger charge is 2.32. The Hall–Kier alpha value is -1.72. The molecule has 102 valence electrons. The third-order valence-corrected chi connectivity index (χ3v) is 3.07. The van der Waals surface area contributed by atoms with Crippen molar-refractivity contribution < 1.29 is 10.2 Å². The van der Waals surface area contributed by atoms with Crippen LogP contribution in [-0.4, -0.2) is 31.3 Å². The molecule has 2 atom stereocenters. The van der Waals surface area contributed by atoms with Crippen molar-refractivity contribution in [2.24, 2.45) is 5.41 Å². The van der Waals surface area contributed by atoms with Gasteiger partial charge in [0.1, 0.15) is 6.10 Å². The molecule has 0 aliphatic carbocycles. The van der Waals surface area contributed by atoms with Crippen molar-refractivity contribution in [1.82, 2.24) is 15.0 Å². The van der Waals surface area contributed by atoms with E-state index in [0.29, 0.717) is 5.69 Å². The minimum atomic E-state index is -1.03. The van der Waals surface area contributed by atoms with Crippen LogP contribution in [-0.2, 0) is 0 Å². The Kier molecular flexibility index (Phi) is 3.68. The van der Waals surface area contributed by atoms with Crippen LogP contribution in [0.15, 0.2) is 36.5 Å². The summed E-state index contributed by atoms with van der Waals surface area (Å²) < 4.78 is 1.54. The van der Waals surface area contributed by atoms with Gasteiger partial charge in [-0.15, -0.1) is 5.10 Å². The number of hydrogen-bond donors (Lipinski definition) is 2. The van der Waals surface area contributed by atoms with Crippen LogP contribution in [0.5, 0.6) is 0 Å². The van der Waals surface area contributed by atoms with E-state index in [2.05, 4.69) is 10.3 Å². The van der Waals surface area contributed by atoms with Gasteiger partial charge in [0.25, 0.3) is 0 Å². The molecule has 5 nitrogen and oxygen atoms in total. The van der Waals surface area contributed by atoms with Crippen LogP contribution in [0.2, 0.25) is 0 Å². The second-order valence-electron chi connectivity index (χ2n) is 5.66. The Balaban J connectivity index is 2.35. The molecule has 2 N–H and O–H groups in total. The molecule has 5 heteroatoms. The van der Waals surface area contributed by atoms with E-state index >= 15 is 0 Å². The molecule has 2 unspecified atom stereocenters. The molecule has 1 aromatic heterocycles. The number of rotatable bonds is 3. The molecule has 2 rings (SSSR count). The standard InChI is InChI=1S/C14H19N3O2/c1-14(2,3)13(19)12(18)11-9-15-16-17(11)10-7-5-4-6-8-10/h4-9,12-13,18-19H,1-3H3. The predicted molar refractivity (Wildman–Crippen MR) is 71.8 cm³/mol. The van der Waals surface area contributed by atoms with Crippen molar-refractivity contribution in [3.05, 3.63) is 42.2 Å². The molecule has 1 heterocycles. The van der Waals surface area contributed by atoms with Gasteiger partial charge in [-0.2, -0.15) is 0 Å². The number of nitrogens with zero attached hydrogens (tertiary/aromatic N) is 3. The van der Waals surface area contributed by atoms with Crippen LogP contribution < -0.4 is 0 Å². The molecule has 0 saturated heterocycles. The van der Waals surface area contributed by atoms with Crippen molar-refractivity contribution in [2.45, 2.75) is 33.0 Å². The Labute approximate surface area is 112 Å². The first-order valence-electron chi connectivity index (χ1n) is 6.23. The second kappa shape index (κ2) is 5.11. The Morgan fingerprint density at radius 1 is 1.11 bits per heavy atom. The highest BCUT2D eigenvalue weighted by atomic mass is 16.3. The van der Waals surface area contributed by atoms with Crippen molar-refractivity contribution in [2.75, 3.05) is 0 Å². The van der Waals surface area contributed by atoms with Crippen LogP contribution in [0.4, 0.5) is 0 Å². The van der Waals surface area contributed by atoms with Gasteiger partial charge in [0, 0.05) is 0 Å². The molecule has 0 aliphatic heterocycles. The fraction of sp³-hybridized carbons (Fsp3) is 0.429. The molecule has 0 spiro atoms. The average molecular weight is 261 g/mol. The van der Waals surface area contributed by atoms with Gasteiger partial charge in [0.2, 0.25) is 0 Å². The van der Waals surface area contributed by atoms with E-state index in [4.69, 9.17) is 0 Å². The molecule has 19 heavy (non-hydrogen) atoms. The molecule has 0 aliphatic rings. The Morgan fingerprint density at radius 3 is 2.32 bits per heavy atom. The maximum Gasteiger partial charge on any atom is 0.124 e. The first-order valence-corrected chi connectivity index (χ1v) is 6.23. The van der Waals surface area contributed by atoms with Crippen LogP contribution in [0.25, 0.3) is 5.69 Å². The summed E-state index contributed by atoms with van der Waals surface area (Å²) in [7, 11) is 0. The fourth-order valence-electron chi connectivity index (χ4n) is 1.85. The van der Waals surface area contributed by atoms with Crippen molar-refractivity contribution in [3.63, 3.8) is 0 Å². The highest BCUT2D eigenvalue weighted by Crippen LogP contribution is 2.30. The first kappa shape index (κ1) is 13.7. The normalized spacial score (nSPS) is 15.2. The molecule has 0 amide bonds. The van der Waals surface area contributed by atoms with Gasteiger partial charge in [0.15, 0.2) is 0 Å². The van der Waals surface area contributed by atoms with Crippen LogP contribution in [0, 0.1) is 5.41 Å². The maximum atomic E-state index is 10.3. The lowest BCUT2D eigenvalue weighted by Crippen LogP contribution is -2.33. The van der Waals surface area contributed by atoms with Gasteiger partial charge in [-0.25, -0.2) is 4.68 Å².